The van der Waals surface area contributed by atoms with E-state index in [2.05, 4.69) is 20.3 Å². The molecule has 2 aromatic heterocycles. The number of thioether (sulfide) groups is 1. The molecule has 2 heterocycles. The van der Waals surface area contributed by atoms with Crippen LogP contribution >= 0.6 is 23.4 Å². The van der Waals surface area contributed by atoms with Gasteiger partial charge in [0.1, 0.15) is 17.1 Å². The molecule has 0 radical (unpaired) electrons. The Hall–Kier alpha value is -2.64. The van der Waals surface area contributed by atoms with E-state index in [4.69, 9.17) is 16.3 Å². The summed E-state index contributed by atoms with van der Waals surface area (Å²) in [5, 5.41) is 10.0. The molecule has 0 saturated carbocycles. The largest absolute Gasteiger partial charge is 0.497 e. The van der Waals surface area contributed by atoms with Gasteiger partial charge >= 0.3 is 0 Å². The monoisotopic (exact) mass is 383 g/mol. The molecular weight excluding hydrogens is 370 g/mol. The van der Waals surface area contributed by atoms with Gasteiger partial charge < -0.3 is 4.74 Å². The lowest BCUT2D eigenvalue weighted by atomic mass is 10.2. The van der Waals surface area contributed by atoms with Gasteiger partial charge in [-0.15, -0.1) is 5.10 Å². The minimum atomic E-state index is 0.670. The zero-order valence-corrected chi connectivity index (χ0v) is 15.4. The first kappa shape index (κ1) is 16.8. The normalized spacial score (nSPS) is 11.0. The molecule has 0 aliphatic heterocycles. The highest BCUT2D eigenvalue weighted by molar-refractivity contribution is 7.98. The highest BCUT2D eigenvalue weighted by Crippen LogP contribution is 2.27. The number of fused-ring (bicyclic) bond motifs is 1. The molecule has 4 aromatic rings. The number of hydrogen-bond donors (Lipinski definition) is 0. The number of ether oxygens (including phenoxy) is 1. The molecule has 0 aliphatic carbocycles. The number of nitrogens with zero attached hydrogens (tertiary/aromatic N) is 5. The van der Waals surface area contributed by atoms with Crippen molar-refractivity contribution in [2.24, 2.45) is 0 Å². The fourth-order valence-electron chi connectivity index (χ4n) is 2.46. The predicted molar refractivity (Wildman–Crippen MR) is 102 cm³/mol. The number of aromatic nitrogens is 5. The van der Waals surface area contributed by atoms with Gasteiger partial charge in [-0.2, -0.15) is 4.68 Å². The van der Waals surface area contributed by atoms with Gasteiger partial charge in [0.25, 0.3) is 0 Å². The van der Waals surface area contributed by atoms with E-state index in [1.54, 1.807) is 23.6 Å². The van der Waals surface area contributed by atoms with Crippen LogP contribution in [0.5, 0.6) is 5.75 Å². The summed E-state index contributed by atoms with van der Waals surface area (Å²) in [5.74, 6) is 1.55. The van der Waals surface area contributed by atoms with Crippen LogP contribution in [0.4, 0.5) is 0 Å². The van der Waals surface area contributed by atoms with Gasteiger partial charge in [-0.1, -0.05) is 40.7 Å². The van der Waals surface area contributed by atoms with Crippen LogP contribution in [0.2, 0.25) is 5.02 Å². The molecule has 0 spiro atoms. The van der Waals surface area contributed by atoms with Gasteiger partial charge in [-0.05, 0) is 42.0 Å². The summed E-state index contributed by atoms with van der Waals surface area (Å²) in [6.07, 6.45) is 1.54. The van der Waals surface area contributed by atoms with Crippen molar-refractivity contribution >= 4 is 34.5 Å². The van der Waals surface area contributed by atoms with Crippen molar-refractivity contribution in [1.29, 1.82) is 0 Å². The summed E-state index contributed by atoms with van der Waals surface area (Å²) in [5.41, 5.74) is 3.38. The zero-order valence-electron chi connectivity index (χ0n) is 13.8. The molecule has 0 bridgehead atoms. The van der Waals surface area contributed by atoms with Crippen LogP contribution in [-0.2, 0) is 5.75 Å². The van der Waals surface area contributed by atoms with Crippen LogP contribution in [0.1, 0.15) is 5.56 Å². The quantitative estimate of drug-likeness (QED) is 0.380. The van der Waals surface area contributed by atoms with E-state index in [-0.39, 0.29) is 0 Å². The Kier molecular flexibility index (Phi) is 4.73. The Balaban J connectivity index is 1.62. The second-order valence-electron chi connectivity index (χ2n) is 5.47. The molecule has 0 fully saturated rings. The summed E-state index contributed by atoms with van der Waals surface area (Å²) in [7, 11) is 1.64. The lowest BCUT2D eigenvalue weighted by Gasteiger charge is -2.04. The summed E-state index contributed by atoms with van der Waals surface area (Å²) < 4.78 is 6.89. The predicted octanol–water partition coefficient (Wildman–Crippen LogP) is 4.16. The molecule has 0 aliphatic rings. The third kappa shape index (κ3) is 3.36. The molecule has 8 heteroatoms. The van der Waals surface area contributed by atoms with Crippen molar-refractivity contribution in [2.45, 2.75) is 10.8 Å². The van der Waals surface area contributed by atoms with Crippen molar-refractivity contribution in [2.75, 3.05) is 7.11 Å². The van der Waals surface area contributed by atoms with E-state index >= 15 is 0 Å². The lowest BCUT2D eigenvalue weighted by molar-refractivity contribution is 0.414. The third-order valence-electron chi connectivity index (χ3n) is 3.81. The number of rotatable bonds is 5. The van der Waals surface area contributed by atoms with E-state index in [0.29, 0.717) is 11.2 Å². The van der Waals surface area contributed by atoms with Gasteiger partial charge in [-0.3, -0.25) is 0 Å². The van der Waals surface area contributed by atoms with Gasteiger partial charge in [0.2, 0.25) is 0 Å². The maximum absolute atomic E-state index is 5.93. The van der Waals surface area contributed by atoms with E-state index in [9.17, 15) is 0 Å². The molecule has 0 atom stereocenters. The van der Waals surface area contributed by atoms with Crippen molar-refractivity contribution in [3.05, 3.63) is 65.4 Å². The fourth-order valence-corrected chi connectivity index (χ4v) is 3.48. The van der Waals surface area contributed by atoms with E-state index in [1.807, 2.05) is 48.5 Å². The van der Waals surface area contributed by atoms with E-state index < -0.39 is 0 Å². The van der Waals surface area contributed by atoms with Crippen LogP contribution in [-0.4, -0.2) is 32.1 Å². The van der Waals surface area contributed by atoms with Crippen LogP contribution in [0.25, 0.3) is 16.9 Å². The summed E-state index contributed by atoms with van der Waals surface area (Å²) in [6, 6.07) is 15.3. The van der Waals surface area contributed by atoms with Crippen LogP contribution in [0.3, 0.4) is 0 Å². The van der Waals surface area contributed by atoms with Crippen molar-refractivity contribution < 1.29 is 4.74 Å². The Bertz CT molecular complexity index is 1030. The smallest absolute Gasteiger partial charge is 0.187 e. The maximum Gasteiger partial charge on any atom is 0.187 e. The minimum absolute atomic E-state index is 0.670. The van der Waals surface area contributed by atoms with E-state index in [0.717, 1.165) is 32.8 Å². The zero-order chi connectivity index (χ0) is 17.9. The molecule has 4 rings (SSSR count). The highest BCUT2D eigenvalue weighted by Gasteiger charge is 2.13. The van der Waals surface area contributed by atoms with Crippen LogP contribution in [0, 0.1) is 0 Å². The number of hydrogen-bond acceptors (Lipinski definition) is 6. The molecule has 130 valence electrons. The molecule has 6 nitrogen and oxygen atoms in total. The standard InChI is InChI=1S/C18H14ClN5OS/c1-25-15-8-6-14(7-9-15)24-17-16(22-23-24)18(21-11-20-17)26-10-12-2-4-13(19)5-3-12/h2-9,11H,10H2,1H3. The van der Waals surface area contributed by atoms with Crippen LogP contribution < -0.4 is 4.74 Å². The second kappa shape index (κ2) is 7.31. The average Bonchev–Trinajstić information content (AvgIpc) is 3.12. The number of halogens is 1. The Morgan fingerprint density at radius 2 is 1.81 bits per heavy atom. The first-order valence-corrected chi connectivity index (χ1v) is 9.19. The molecule has 0 N–H and O–H groups in total. The van der Waals surface area contributed by atoms with Gasteiger partial charge in [0.05, 0.1) is 12.8 Å². The second-order valence-corrected chi connectivity index (χ2v) is 6.87. The summed E-state index contributed by atoms with van der Waals surface area (Å²) in [6.45, 7) is 0. The third-order valence-corrected chi connectivity index (χ3v) is 5.11. The van der Waals surface area contributed by atoms with Crippen LogP contribution in [0.15, 0.2) is 59.9 Å². The fraction of sp³-hybridized carbons (Fsp3) is 0.111. The molecule has 0 saturated heterocycles. The van der Waals surface area contributed by atoms with Crippen molar-refractivity contribution in [3.63, 3.8) is 0 Å². The Morgan fingerprint density at radius 3 is 2.54 bits per heavy atom. The molecular formula is C18H14ClN5OS. The Labute approximate surface area is 159 Å². The van der Waals surface area contributed by atoms with Gasteiger partial charge in [0.15, 0.2) is 11.2 Å². The first-order valence-electron chi connectivity index (χ1n) is 7.82. The van der Waals surface area contributed by atoms with Gasteiger partial charge in [0, 0.05) is 10.8 Å². The lowest BCUT2D eigenvalue weighted by Crippen LogP contribution is -1.98. The first-order chi connectivity index (χ1) is 12.7. The van der Waals surface area contributed by atoms with Crippen molar-refractivity contribution in [1.82, 2.24) is 25.0 Å². The summed E-state index contributed by atoms with van der Waals surface area (Å²) in [4.78, 5) is 8.72. The summed E-state index contributed by atoms with van der Waals surface area (Å²) >= 11 is 7.52. The number of methoxy groups -OCH3 is 1. The molecule has 0 unspecified atom stereocenters. The van der Waals surface area contributed by atoms with Gasteiger partial charge in [-0.25, -0.2) is 9.97 Å². The minimum Gasteiger partial charge on any atom is -0.497 e. The molecule has 26 heavy (non-hydrogen) atoms. The van der Waals surface area contributed by atoms with Crippen molar-refractivity contribution in [3.8, 4) is 11.4 Å². The number of benzene rings is 2. The molecule has 2 aromatic carbocycles. The average molecular weight is 384 g/mol. The topological polar surface area (TPSA) is 65.7 Å². The SMILES string of the molecule is COc1ccc(-n2nnc3c(SCc4ccc(Cl)cc4)ncnc32)cc1. The highest BCUT2D eigenvalue weighted by atomic mass is 35.5. The maximum atomic E-state index is 5.93. The Morgan fingerprint density at radius 1 is 1.04 bits per heavy atom. The molecule has 0 amide bonds. The van der Waals surface area contributed by atoms with E-state index in [1.165, 1.54) is 6.33 Å².